The van der Waals surface area contributed by atoms with Crippen molar-refractivity contribution < 1.29 is 13.9 Å². The standard InChI is InChI=1S/C25H22ClFN4O2S/c1-15-13-30-25(34-15)31-23-22(7-4-10-28-23)33-16(2)18-5-3-6-19(12-18)24(32)29-14-17-8-9-21(27)20(26)11-17/h3-13,16H,14H2,1-2H3,(H,29,32)(H,28,30,31). The number of aryl methyl sites for hydroxylation is 1. The Morgan fingerprint density at radius 3 is 2.79 bits per heavy atom. The monoisotopic (exact) mass is 496 g/mol. The van der Waals surface area contributed by atoms with Gasteiger partial charge in [0.05, 0.1) is 5.02 Å². The van der Waals surface area contributed by atoms with Crippen molar-refractivity contribution in [3.05, 3.63) is 99.4 Å². The summed E-state index contributed by atoms with van der Waals surface area (Å²) in [6, 6.07) is 15.2. The van der Waals surface area contributed by atoms with Gasteiger partial charge in [-0.15, -0.1) is 11.3 Å². The summed E-state index contributed by atoms with van der Waals surface area (Å²) in [7, 11) is 0. The van der Waals surface area contributed by atoms with Gasteiger partial charge in [-0.3, -0.25) is 4.79 Å². The quantitative estimate of drug-likeness (QED) is 0.293. The zero-order valence-electron chi connectivity index (χ0n) is 18.5. The third-order valence-electron chi connectivity index (χ3n) is 4.98. The summed E-state index contributed by atoms with van der Waals surface area (Å²) >= 11 is 7.34. The van der Waals surface area contributed by atoms with Gasteiger partial charge >= 0.3 is 0 Å². The summed E-state index contributed by atoms with van der Waals surface area (Å²) in [5, 5.41) is 6.78. The normalized spacial score (nSPS) is 11.6. The molecule has 4 rings (SSSR count). The third-order valence-corrected chi connectivity index (χ3v) is 6.09. The topological polar surface area (TPSA) is 76.1 Å². The van der Waals surface area contributed by atoms with Crippen LogP contribution in [-0.4, -0.2) is 15.9 Å². The maximum absolute atomic E-state index is 13.3. The van der Waals surface area contributed by atoms with Gasteiger partial charge in [0.1, 0.15) is 11.9 Å². The first kappa shape index (κ1) is 23.7. The molecular weight excluding hydrogens is 475 g/mol. The van der Waals surface area contributed by atoms with Crippen molar-refractivity contribution in [2.45, 2.75) is 26.5 Å². The van der Waals surface area contributed by atoms with E-state index in [9.17, 15) is 9.18 Å². The SMILES string of the molecule is Cc1cnc(Nc2ncccc2OC(C)c2cccc(C(=O)NCc3ccc(F)c(Cl)c3)c2)s1. The van der Waals surface area contributed by atoms with Crippen LogP contribution in [0.1, 0.15) is 39.4 Å². The average Bonchev–Trinajstić information content (AvgIpc) is 3.25. The highest BCUT2D eigenvalue weighted by molar-refractivity contribution is 7.15. The number of thiazole rings is 1. The van der Waals surface area contributed by atoms with E-state index in [1.807, 2.05) is 26.0 Å². The maximum atomic E-state index is 13.3. The van der Waals surface area contributed by atoms with Gasteiger partial charge in [0.2, 0.25) is 0 Å². The van der Waals surface area contributed by atoms with Gasteiger partial charge in [-0.25, -0.2) is 14.4 Å². The van der Waals surface area contributed by atoms with Gasteiger partial charge < -0.3 is 15.4 Å². The Labute approximate surface area is 205 Å². The van der Waals surface area contributed by atoms with Crippen LogP contribution in [0.25, 0.3) is 0 Å². The van der Waals surface area contributed by atoms with E-state index in [0.29, 0.717) is 22.7 Å². The number of anilines is 2. The van der Waals surface area contributed by atoms with E-state index < -0.39 is 5.82 Å². The van der Waals surface area contributed by atoms with Crippen molar-refractivity contribution in [3.8, 4) is 5.75 Å². The molecule has 0 bridgehead atoms. The van der Waals surface area contributed by atoms with Crippen LogP contribution in [0.3, 0.4) is 0 Å². The van der Waals surface area contributed by atoms with E-state index in [-0.39, 0.29) is 23.6 Å². The summed E-state index contributed by atoms with van der Waals surface area (Å²) in [5.74, 6) is 0.394. The molecule has 1 unspecified atom stereocenters. The van der Waals surface area contributed by atoms with Crippen molar-refractivity contribution in [1.82, 2.24) is 15.3 Å². The number of pyridine rings is 1. The molecular formula is C25H22ClFN4O2S. The van der Waals surface area contributed by atoms with Crippen molar-refractivity contribution in [3.63, 3.8) is 0 Å². The lowest BCUT2D eigenvalue weighted by Gasteiger charge is -2.18. The number of nitrogens with one attached hydrogen (secondary N) is 2. The summed E-state index contributed by atoms with van der Waals surface area (Å²) in [4.78, 5) is 22.5. The molecule has 0 saturated heterocycles. The molecule has 0 radical (unpaired) electrons. The minimum absolute atomic E-state index is 0.0222. The fourth-order valence-corrected chi connectivity index (χ4v) is 4.09. The van der Waals surface area contributed by atoms with E-state index in [4.69, 9.17) is 16.3 Å². The number of hydrogen-bond acceptors (Lipinski definition) is 6. The van der Waals surface area contributed by atoms with Gasteiger partial charge in [-0.1, -0.05) is 29.8 Å². The second-order valence-corrected chi connectivity index (χ2v) is 9.21. The van der Waals surface area contributed by atoms with Crippen LogP contribution >= 0.6 is 22.9 Å². The van der Waals surface area contributed by atoms with Crippen LogP contribution in [0.2, 0.25) is 5.02 Å². The molecule has 9 heteroatoms. The Kier molecular flexibility index (Phi) is 7.40. The zero-order chi connectivity index (χ0) is 24.1. The van der Waals surface area contributed by atoms with Crippen molar-refractivity contribution in [2.75, 3.05) is 5.32 Å². The van der Waals surface area contributed by atoms with Crippen LogP contribution in [-0.2, 0) is 6.54 Å². The lowest BCUT2D eigenvalue weighted by Crippen LogP contribution is -2.23. The molecule has 1 amide bonds. The molecule has 4 aromatic rings. The minimum atomic E-state index is -0.493. The number of nitrogens with zero attached hydrogens (tertiary/aromatic N) is 2. The van der Waals surface area contributed by atoms with Crippen molar-refractivity contribution >= 4 is 39.8 Å². The lowest BCUT2D eigenvalue weighted by atomic mass is 10.1. The van der Waals surface area contributed by atoms with E-state index >= 15 is 0 Å². The van der Waals surface area contributed by atoms with Gasteiger partial charge in [0.15, 0.2) is 16.7 Å². The molecule has 0 saturated carbocycles. The Balaban J connectivity index is 1.43. The van der Waals surface area contributed by atoms with Gasteiger partial charge in [0.25, 0.3) is 5.91 Å². The van der Waals surface area contributed by atoms with E-state index in [2.05, 4.69) is 20.6 Å². The highest BCUT2D eigenvalue weighted by Crippen LogP contribution is 2.31. The highest BCUT2D eigenvalue weighted by Gasteiger charge is 2.15. The Morgan fingerprint density at radius 1 is 1.18 bits per heavy atom. The fraction of sp³-hybridized carbons (Fsp3) is 0.160. The summed E-state index contributed by atoms with van der Waals surface area (Å²) in [5.41, 5.74) is 2.03. The van der Waals surface area contributed by atoms with Crippen LogP contribution in [0.4, 0.5) is 15.3 Å². The van der Waals surface area contributed by atoms with Crippen LogP contribution in [0.5, 0.6) is 5.75 Å². The number of ether oxygens (including phenoxy) is 1. The Morgan fingerprint density at radius 2 is 2.03 bits per heavy atom. The first-order valence-corrected chi connectivity index (χ1v) is 11.7. The Hall–Kier alpha value is -3.49. The van der Waals surface area contributed by atoms with Gasteiger partial charge in [-0.2, -0.15) is 0 Å². The molecule has 0 fully saturated rings. The van der Waals surface area contributed by atoms with Crippen LogP contribution in [0.15, 0.2) is 67.0 Å². The molecule has 174 valence electrons. The lowest BCUT2D eigenvalue weighted by molar-refractivity contribution is 0.0950. The highest BCUT2D eigenvalue weighted by atomic mass is 35.5. The average molecular weight is 497 g/mol. The fourth-order valence-electron chi connectivity index (χ4n) is 3.22. The van der Waals surface area contributed by atoms with Crippen LogP contribution in [0, 0.1) is 12.7 Å². The summed E-state index contributed by atoms with van der Waals surface area (Å²) < 4.78 is 19.5. The molecule has 0 aliphatic rings. The van der Waals surface area contributed by atoms with Crippen molar-refractivity contribution in [2.24, 2.45) is 0 Å². The molecule has 6 nitrogen and oxygen atoms in total. The van der Waals surface area contributed by atoms with E-state index in [1.54, 1.807) is 42.7 Å². The number of amides is 1. The number of rotatable bonds is 8. The molecule has 2 N–H and O–H groups in total. The number of carbonyl (C=O) groups excluding carboxylic acids is 1. The molecule has 2 aromatic heterocycles. The zero-order valence-corrected chi connectivity index (χ0v) is 20.1. The number of carbonyl (C=O) groups is 1. The molecule has 34 heavy (non-hydrogen) atoms. The number of hydrogen-bond donors (Lipinski definition) is 2. The predicted octanol–water partition coefficient (Wildman–Crippen LogP) is 6.45. The Bertz CT molecular complexity index is 1310. The van der Waals surface area contributed by atoms with Crippen molar-refractivity contribution in [1.29, 1.82) is 0 Å². The molecule has 0 aliphatic carbocycles. The third kappa shape index (κ3) is 5.89. The molecule has 1 atom stereocenters. The van der Waals surface area contributed by atoms with Crippen LogP contribution < -0.4 is 15.4 Å². The summed E-state index contributed by atoms with van der Waals surface area (Å²) in [6.07, 6.45) is 3.13. The smallest absolute Gasteiger partial charge is 0.251 e. The first-order chi connectivity index (χ1) is 16.4. The van der Waals surface area contributed by atoms with Gasteiger partial charge in [0, 0.05) is 29.4 Å². The number of aromatic nitrogens is 2. The molecule has 2 heterocycles. The maximum Gasteiger partial charge on any atom is 0.251 e. The van der Waals surface area contributed by atoms with E-state index in [1.165, 1.54) is 23.5 Å². The van der Waals surface area contributed by atoms with E-state index in [0.717, 1.165) is 15.6 Å². The molecule has 2 aromatic carbocycles. The number of benzene rings is 2. The largest absolute Gasteiger partial charge is 0.482 e. The molecule has 0 spiro atoms. The summed E-state index contributed by atoms with van der Waals surface area (Å²) in [6.45, 7) is 4.12. The predicted molar refractivity (Wildman–Crippen MR) is 132 cm³/mol. The second kappa shape index (κ2) is 10.6. The number of halogens is 2. The van der Waals surface area contributed by atoms with Gasteiger partial charge in [-0.05, 0) is 61.4 Å². The first-order valence-electron chi connectivity index (χ1n) is 10.5. The second-order valence-electron chi connectivity index (χ2n) is 7.57. The molecule has 0 aliphatic heterocycles. The minimum Gasteiger partial charge on any atom is -0.482 e.